The number of amides is 2. The first-order chi connectivity index (χ1) is 22.5. The highest BCUT2D eigenvalue weighted by Crippen LogP contribution is 2.28. The summed E-state index contributed by atoms with van der Waals surface area (Å²) < 4.78 is 5.41. The molecule has 2 amide bonds. The van der Waals surface area contributed by atoms with Crippen LogP contribution >= 0.6 is 34.0 Å². The van der Waals surface area contributed by atoms with Crippen molar-refractivity contribution in [2.24, 2.45) is 0 Å². The minimum atomic E-state index is -1.18. The Hall–Kier alpha value is -4.76. The number of carboxylic acid groups (broad SMARTS) is 1. The molecule has 4 N–H and O–H groups in total. The van der Waals surface area contributed by atoms with Crippen molar-refractivity contribution in [3.63, 3.8) is 0 Å². The molecule has 4 aromatic heterocycles. The minimum Gasteiger partial charge on any atom is -0.508 e. The van der Waals surface area contributed by atoms with Crippen LogP contribution in [0.5, 0.6) is 5.75 Å². The molecule has 5 heterocycles. The number of Topliss-reactive ketones (excluding diaryl/α,β-unsaturated/α-hetero) is 1. The first-order valence-electron chi connectivity index (χ1n) is 14.3. The maximum absolute atomic E-state index is 13.3. The lowest BCUT2D eigenvalue weighted by molar-refractivity contribution is -0.130. The van der Waals surface area contributed by atoms with E-state index in [9.17, 15) is 24.3 Å². The molecule has 1 aromatic carbocycles. The third kappa shape index (κ3) is 8.16. The zero-order valence-corrected chi connectivity index (χ0v) is 27.7. The van der Waals surface area contributed by atoms with Crippen LogP contribution in [0.15, 0.2) is 83.1 Å². The first kappa shape index (κ1) is 33.6. The molecule has 0 bridgehead atoms. The number of phenols is 1. The van der Waals surface area contributed by atoms with Gasteiger partial charge in [0, 0.05) is 29.8 Å². The SMILES string of the molecule is CC1OCC(=O)C1(C)NC(=O)C(Cc1ccc(O)cc1)NC(=O)c1cc(-c2cccnc2)cs1.O=C(O)c1csc(-c2cccs2)n1. The monoisotopic (exact) mass is 690 g/mol. The largest absolute Gasteiger partial charge is 0.508 e. The summed E-state index contributed by atoms with van der Waals surface area (Å²) in [7, 11) is 0. The van der Waals surface area contributed by atoms with Gasteiger partial charge in [-0.15, -0.1) is 34.0 Å². The van der Waals surface area contributed by atoms with Crippen molar-refractivity contribution in [2.45, 2.75) is 38.0 Å². The number of ketones is 1. The number of thiophene rings is 2. The number of hydrogen-bond donors (Lipinski definition) is 4. The summed E-state index contributed by atoms with van der Waals surface area (Å²) in [6.07, 6.45) is 3.08. The number of carboxylic acids is 1. The number of aromatic carboxylic acids is 1. The average Bonchev–Trinajstić information content (AvgIpc) is 3.89. The zero-order chi connectivity index (χ0) is 33.6. The van der Waals surface area contributed by atoms with Crippen molar-refractivity contribution in [3.05, 3.63) is 99.3 Å². The number of phenolic OH excluding ortho intramolecular Hbond substituents is 1. The van der Waals surface area contributed by atoms with Gasteiger partial charge in [-0.25, -0.2) is 9.78 Å². The second-order valence-corrected chi connectivity index (χ2v) is 13.4. The number of ether oxygens (including phenoxy) is 1. The molecule has 0 spiro atoms. The number of benzene rings is 1. The molecule has 1 fully saturated rings. The lowest BCUT2D eigenvalue weighted by atomic mass is 9.92. The molecule has 3 atom stereocenters. The molecular weight excluding hydrogens is 661 g/mol. The number of thiazole rings is 1. The van der Waals surface area contributed by atoms with E-state index in [-0.39, 0.29) is 30.3 Å². The van der Waals surface area contributed by atoms with E-state index in [2.05, 4.69) is 20.6 Å². The molecule has 0 radical (unpaired) electrons. The van der Waals surface area contributed by atoms with Crippen LogP contribution in [0.3, 0.4) is 0 Å². The number of carbonyl (C=O) groups excluding carboxylic acids is 3. The number of hydrogen-bond acceptors (Lipinski definition) is 11. The Labute approximate surface area is 281 Å². The fourth-order valence-corrected chi connectivity index (χ4v) is 7.02. The number of aromatic hydroxyl groups is 1. The lowest BCUT2D eigenvalue weighted by Crippen LogP contribution is -2.60. The molecule has 6 rings (SSSR count). The smallest absolute Gasteiger partial charge is 0.355 e. The van der Waals surface area contributed by atoms with Crippen molar-refractivity contribution in [1.82, 2.24) is 20.6 Å². The van der Waals surface area contributed by atoms with Gasteiger partial charge in [0.15, 0.2) is 11.5 Å². The van der Waals surface area contributed by atoms with E-state index < -0.39 is 35.5 Å². The average molecular weight is 691 g/mol. The van der Waals surface area contributed by atoms with Gasteiger partial charge in [-0.05, 0) is 66.1 Å². The zero-order valence-electron chi connectivity index (χ0n) is 25.2. The summed E-state index contributed by atoms with van der Waals surface area (Å²) in [5, 5.41) is 29.9. The predicted molar refractivity (Wildman–Crippen MR) is 180 cm³/mol. The van der Waals surface area contributed by atoms with E-state index >= 15 is 0 Å². The lowest BCUT2D eigenvalue weighted by Gasteiger charge is -2.29. The maximum atomic E-state index is 13.3. The summed E-state index contributed by atoms with van der Waals surface area (Å²) in [5.74, 6) is -1.98. The summed E-state index contributed by atoms with van der Waals surface area (Å²) >= 11 is 4.18. The number of rotatable bonds is 9. The Morgan fingerprint density at radius 1 is 1.06 bits per heavy atom. The van der Waals surface area contributed by atoms with Crippen LogP contribution < -0.4 is 10.6 Å². The molecule has 3 unspecified atom stereocenters. The summed E-state index contributed by atoms with van der Waals surface area (Å²) in [5.41, 5.74) is 1.43. The molecule has 14 heteroatoms. The van der Waals surface area contributed by atoms with Crippen molar-refractivity contribution in [2.75, 3.05) is 6.61 Å². The topological polar surface area (TPSA) is 168 Å². The predicted octanol–water partition coefficient (Wildman–Crippen LogP) is 5.29. The molecule has 1 aliphatic rings. The van der Waals surface area contributed by atoms with Crippen LogP contribution in [0, 0.1) is 0 Å². The van der Waals surface area contributed by atoms with Gasteiger partial charge in [0.1, 0.15) is 28.9 Å². The van der Waals surface area contributed by atoms with E-state index in [1.54, 1.807) is 61.2 Å². The first-order valence-corrected chi connectivity index (χ1v) is 16.9. The minimum absolute atomic E-state index is 0.0702. The Balaban J connectivity index is 0.000000277. The van der Waals surface area contributed by atoms with Crippen LogP contribution in [0.25, 0.3) is 21.0 Å². The van der Waals surface area contributed by atoms with Crippen LogP contribution in [0.4, 0.5) is 0 Å². The number of carbonyl (C=O) groups is 4. The van der Waals surface area contributed by atoms with Crippen molar-refractivity contribution < 1.29 is 34.1 Å². The van der Waals surface area contributed by atoms with Crippen LogP contribution in [-0.2, 0) is 20.7 Å². The van der Waals surface area contributed by atoms with Crippen LogP contribution in [0.1, 0.15) is 39.6 Å². The molecule has 47 heavy (non-hydrogen) atoms. The Bertz CT molecular complexity index is 1860. The fourth-order valence-electron chi connectivity index (χ4n) is 4.59. The molecular formula is C33H30N4O7S3. The van der Waals surface area contributed by atoms with E-state index in [0.717, 1.165) is 26.6 Å². The number of pyridine rings is 1. The Kier molecular flexibility index (Phi) is 10.6. The van der Waals surface area contributed by atoms with Crippen LogP contribution in [-0.4, -0.2) is 68.0 Å². The third-order valence-electron chi connectivity index (χ3n) is 7.51. The number of nitrogens with one attached hydrogen (secondary N) is 2. The van der Waals surface area contributed by atoms with Gasteiger partial charge < -0.3 is 25.6 Å². The van der Waals surface area contributed by atoms with Gasteiger partial charge in [-0.2, -0.15) is 0 Å². The van der Waals surface area contributed by atoms with Gasteiger partial charge in [-0.3, -0.25) is 19.4 Å². The van der Waals surface area contributed by atoms with Gasteiger partial charge in [0.2, 0.25) is 5.91 Å². The summed E-state index contributed by atoms with van der Waals surface area (Å²) in [4.78, 5) is 58.8. The molecule has 0 aliphatic carbocycles. The molecule has 1 saturated heterocycles. The fraction of sp³-hybridized carbons (Fsp3) is 0.212. The van der Waals surface area contributed by atoms with Gasteiger partial charge >= 0.3 is 5.97 Å². The van der Waals surface area contributed by atoms with E-state index in [4.69, 9.17) is 9.84 Å². The molecule has 1 aliphatic heterocycles. The molecule has 11 nitrogen and oxygen atoms in total. The number of nitrogens with zero attached hydrogens (tertiary/aromatic N) is 2. The Morgan fingerprint density at radius 2 is 1.85 bits per heavy atom. The quantitative estimate of drug-likeness (QED) is 0.161. The standard InChI is InChI=1S/C25H25N3O5S.C8H5NO2S2/c1-15-25(2,22(30)13-33-15)28-23(31)20(10-16-5-7-19(29)8-6-16)27-24(32)21-11-18(14-34-21)17-4-3-9-26-12-17;10-8(11)5-4-13-7(9-5)6-2-1-3-12-6/h3-9,11-12,14-15,20,29H,10,13H2,1-2H3,(H,27,32)(H,28,31);1-4H,(H,10,11). The van der Waals surface area contributed by atoms with E-state index in [1.165, 1.54) is 34.8 Å². The molecule has 0 saturated carbocycles. The third-order valence-corrected chi connectivity index (χ3v) is 10.3. The van der Waals surface area contributed by atoms with E-state index in [1.807, 2.05) is 35.0 Å². The van der Waals surface area contributed by atoms with Gasteiger partial charge in [0.25, 0.3) is 5.91 Å². The molecule has 5 aromatic rings. The van der Waals surface area contributed by atoms with Crippen molar-refractivity contribution in [1.29, 1.82) is 0 Å². The second kappa shape index (κ2) is 14.8. The summed E-state index contributed by atoms with van der Waals surface area (Å²) in [6, 6.07) is 14.8. The highest BCUT2D eigenvalue weighted by Gasteiger charge is 2.47. The van der Waals surface area contributed by atoms with Gasteiger partial charge in [0.05, 0.1) is 15.9 Å². The maximum Gasteiger partial charge on any atom is 0.355 e. The van der Waals surface area contributed by atoms with Gasteiger partial charge in [-0.1, -0.05) is 24.3 Å². The number of aromatic nitrogens is 2. The molecule has 242 valence electrons. The second-order valence-electron chi connectivity index (χ2n) is 10.7. The van der Waals surface area contributed by atoms with Crippen LogP contribution in [0.2, 0.25) is 0 Å². The van der Waals surface area contributed by atoms with Crippen molar-refractivity contribution in [3.8, 4) is 26.8 Å². The summed E-state index contributed by atoms with van der Waals surface area (Å²) in [6.45, 7) is 3.29. The highest BCUT2D eigenvalue weighted by molar-refractivity contribution is 7.20. The Morgan fingerprint density at radius 3 is 2.47 bits per heavy atom. The van der Waals surface area contributed by atoms with Crippen molar-refractivity contribution >= 4 is 57.6 Å². The normalized spacial score (nSPS) is 17.7. The van der Waals surface area contributed by atoms with E-state index in [0.29, 0.717) is 4.88 Å². The highest BCUT2D eigenvalue weighted by atomic mass is 32.1.